The summed E-state index contributed by atoms with van der Waals surface area (Å²) in [5, 5.41) is 0.657. The van der Waals surface area contributed by atoms with E-state index < -0.39 is 5.91 Å². The maximum atomic E-state index is 13.1. The van der Waals surface area contributed by atoms with E-state index in [4.69, 9.17) is 10.5 Å². The molecule has 1 fully saturated rings. The number of benzene rings is 2. The fraction of sp³-hybridized carbons (Fsp3) is 0.250. The van der Waals surface area contributed by atoms with Gasteiger partial charge in [-0.3, -0.25) is 19.4 Å². The van der Waals surface area contributed by atoms with E-state index in [2.05, 4.69) is 20.9 Å². The highest BCUT2D eigenvalue weighted by Crippen LogP contribution is 2.31. The topological polar surface area (TPSA) is 106 Å². The second-order valence-corrected chi connectivity index (χ2v) is 8.62. The molecule has 2 heterocycles. The van der Waals surface area contributed by atoms with Crippen LogP contribution in [0.4, 0.5) is 0 Å². The second-order valence-electron chi connectivity index (χ2n) is 7.71. The molecule has 0 bridgehead atoms. The highest BCUT2D eigenvalue weighted by Gasteiger charge is 2.27. The SMILES string of the molecule is COc1c(C(N)=O)c(CC(=O)N2CCN(C(=O)c3cccc(Br)c3)CC2)nc2ccccc12. The van der Waals surface area contributed by atoms with Crippen molar-refractivity contribution < 1.29 is 19.1 Å². The predicted octanol–water partition coefficient (Wildman–Crippen LogP) is 2.63. The van der Waals surface area contributed by atoms with Crippen molar-refractivity contribution in [2.45, 2.75) is 6.42 Å². The smallest absolute Gasteiger partial charge is 0.254 e. The minimum Gasteiger partial charge on any atom is -0.495 e. The number of aromatic nitrogens is 1. The van der Waals surface area contributed by atoms with Gasteiger partial charge in [0, 0.05) is 41.6 Å². The van der Waals surface area contributed by atoms with Gasteiger partial charge in [0.25, 0.3) is 11.8 Å². The van der Waals surface area contributed by atoms with Gasteiger partial charge in [-0.1, -0.05) is 34.1 Å². The summed E-state index contributed by atoms with van der Waals surface area (Å²) in [5.41, 5.74) is 7.25. The number of nitrogens with zero attached hydrogens (tertiary/aromatic N) is 3. The maximum Gasteiger partial charge on any atom is 0.254 e. The number of fused-ring (bicyclic) bond motifs is 1. The first-order chi connectivity index (χ1) is 15.9. The molecule has 0 spiro atoms. The third kappa shape index (κ3) is 4.68. The zero-order valence-electron chi connectivity index (χ0n) is 18.1. The molecule has 8 nitrogen and oxygen atoms in total. The van der Waals surface area contributed by atoms with Crippen LogP contribution in [0.25, 0.3) is 10.9 Å². The first-order valence-electron chi connectivity index (χ1n) is 10.5. The Kier molecular flexibility index (Phi) is 6.60. The fourth-order valence-corrected chi connectivity index (χ4v) is 4.44. The van der Waals surface area contributed by atoms with E-state index in [9.17, 15) is 14.4 Å². The molecule has 3 amide bonds. The zero-order valence-corrected chi connectivity index (χ0v) is 19.7. The Labute approximate surface area is 199 Å². The van der Waals surface area contributed by atoms with Gasteiger partial charge in [0.15, 0.2) is 0 Å². The Morgan fingerprint density at radius 1 is 1.03 bits per heavy atom. The standard InChI is InChI=1S/C24H23BrN4O4/c1-33-22-17-7-2-3-8-18(17)27-19(21(22)23(26)31)14-20(30)28-9-11-29(12-10-28)24(32)15-5-4-6-16(25)13-15/h2-8,13H,9-12,14H2,1H3,(H2,26,31). The Morgan fingerprint density at radius 2 is 1.73 bits per heavy atom. The minimum absolute atomic E-state index is 0.0691. The summed E-state index contributed by atoms with van der Waals surface area (Å²) in [7, 11) is 1.46. The van der Waals surface area contributed by atoms with E-state index in [1.807, 2.05) is 24.3 Å². The summed E-state index contributed by atoms with van der Waals surface area (Å²) in [5.74, 6) is -0.630. The largest absolute Gasteiger partial charge is 0.495 e. The molecule has 4 rings (SSSR count). The number of piperazine rings is 1. The number of nitrogens with two attached hydrogens (primary N) is 1. The molecular formula is C24H23BrN4O4. The number of methoxy groups -OCH3 is 1. The van der Waals surface area contributed by atoms with E-state index in [0.29, 0.717) is 48.4 Å². The average molecular weight is 511 g/mol. The van der Waals surface area contributed by atoms with Crippen molar-refractivity contribution >= 4 is 44.6 Å². The molecule has 2 aromatic carbocycles. The number of amides is 3. The Balaban J connectivity index is 1.50. The van der Waals surface area contributed by atoms with Gasteiger partial charge < -0.3 is 20.3 Å². The van der Waals surface area contributed by atoms with Gasteiger partial charge >= 0.3 is 0 Å². The lowest BCUT2D eigenvalue weighted by atomic mass is 10.0. The normalized spacial score (nSPS) is 13.8. The third-order valence-electron chi connectivity index (χ3n) is 5.68. The maximum absolute atomic E-state index is 13.1. The average Bonchev–Trinajstić information content (AvgIpc) is 2.82. The van der Waals surface area contributed by atoms with Gasteiger partial charge in [0.2, 0.25) is 5.91 Å². The predicted molar refractivity (Wildman–Crippen MR) is 127 cm³/mol. The van der Waals surface area contributed by atoms with Gasteiger partial charge in [-0.2, -0.15) is 0 Å². The van der Waals surface area contributed by atoms with Crippen molar-refractivity contribution in [3.63, 3.8) is 0 Å². The Hall–Kier alpha value is -3.46. The molecule has 33 heavy (non-hydrogen) atoms. The second kappa shape index (κ2) is 9.58. The number of primary amides is 1. The third-order valence-corrected chi connectivity index (χ3v) is 6.17. The van der Waals surface area contributed by atoms with E-state index in [1.54, 1.807) is 34.1 Å². The van der Waals surface area contributed by atoms with Crippen molar-refractivity contribution in [3.05, 3.63) is 69.8 Å². The van der Waals surface area contributed by atoms with Crippen molar-refractivity contribution in [2.24, 2.45) is 5.73 Å². The van der Waals surface area contributed by atoms with E-state index in [1.165, 1.54) is 7.11 Å². The van der Waals surface area contributed by atoms with Gasteiger partial charge in [-0.05, 0) is 30.3 Å². The molecule has 0 aliphatic carbocycles. The van der Waals surface area contributed by atoms with Crippen LogP contribution in [-0.2, 0) is 11.2 Å². The van der Waals surface area contributed by atoms with Crippen LogP contribution < -0.4 is 10.5 Å². The number of hydrogen-bond donors (Lipinski definition) is 1. The molecule has 2 N–H and O–H groups in total. The van der Waals surface area contributed by atoms with Gasteiger partial charge in [-0.15, -0.1) is 0 Å². The fourth-order valence-electron chi connectivity index (χ4n) is 4.04. The first-order valence-corrected chi connectivity index (χ1v) is 11.3. The van der Waals surface area contributed by atoms with Crippen LogP contribution in [-0.4, -0.2) is 65.8 Å². The van der Waals surface area contributed by atoms with E-state index in [-0.39, 0.29) is 29.5 Å². The molecule has 1 aliphatic rings. The zero-order chi connectivity index (χ0) is 23.5. The summed E-state index contributed by atoms with van der Waals surface area (Å²) in [6.45, 7) is 1.65. The highest BCUT2D eigenvalue weighted by atomic mass is 79.9. The van der Waals surface area contributed by atoms with Crippen LogP contribution in [0.3, 0.4) is 0 Å². The number of pyridine rings is 1. The van der Waals surface area contributed by atoms with Crippen molar-refractivity contribution in [1.82, 2.24) is 14.8 Å². The molecule has 0 atom stereocenters. The van der Waals surface area contributed by atoms with Crippen LogP contribution in [0.1, 0.15) is 26.4 Å². The quantitative estimate of drug-likeness (QED) is 0.567. The molecule has 0 unspecified atom stereocenters. The number of rotatable bonds is 5. The minimum atomic E-state index is -0.697. The number of carbonyl (C=O) groups is 3. The molecule has 0 saturated carbocycles. The van der Waals surface area contributed by atoms with E-state index >= 15 is 0 Å². The molecule has 9 heteroatoms. The molecule has 1 aliphatic heterocycles. The van der Waals surface area contributed by atoms with Gasteiger partial charge in [-0.25, -0.2) is 0 Å². The van der Waals surface area contributed by atoms with E-state index in [0.717, 1.165) is 4.47 Å². The molecule has 1 saturated heterocycles. The van der Waals surface area contributed by atoms with Crippen LogP contribution in [0, 0.1) is 0 Å². The van der Waals surface area contributed by atoms with Gasteiger partial charge in [0.05, 0.1) is 24.7 Å². The first kappa shape index (κ1) is 22.7. The highest BCUT2D eigenvalue weighted by molar-refractivity contribution is 9.10. The van der Waals surface area contributed by atoms with Crippen LogP contribution in [0.2, 0.25) is 0 Å². The molecular weight excluding hydrogens is 488 g/mol. The van der Waals surface area contributed by atoms with Crippen LogP contribution >= 0.6 is 15.9 Å². The summed E-state index contributed by atoms with van der Waals surface area (Å²) < 4.78 is 6.30. The lowest BCUT2D eigenvalue weighted by Crippen LogP contribution is -2.51. The summed E-state index contributed by atoms with van der Waals surface area (Å²) in [6.07, 6.45) is -0.0843. The summed E-state index contributed by atoms with van der Waals surface area (Å²) in [4.78, 5) is 46.0. The molecule has 170 valence electrons. The van der Waals surface area contributed by atoms with Gasteiger partial charge in [0.1, 0.15) is 11.3 Å². The van der Waals surface area contributed by atoms with Crippen molar-refractivity contribution in [3.8, 4) is 5.75 Å². The van der Waals surface area contributed by atoms with Crippen LogP contribution in [0.15, 0.2) is 53.0 Å². The molecule has 3 aromatic rings. The Bertz CT molecular complexity index is 1240. The number of ether oxygens (including phenoxy) is 1. The van der Waals surface area contributed by atoms with Crippen molar-refractivity contribution in [1.29, 1.82) is 0 Å². The summed E-state index contributed by atoms with van der Waals surface area (Å²) in [6, 6.07) is 14.5. The number of hydrogen-bond acceptors (Lipinski definition) is 5. The number of halogens is 1. The monoisotopic (exact) mass is 510 g/mol. The number of carbonyl (C=O) groups excluding carboxylic acids is 3. The number of para-hydroxylation sites is 1. The lowest BCUT2D eigenvalue weighted by molar-refractivity contribution is -0.132. The van der Waals surface area contributed by atoms with Crippen LogP contribution in [0.5, 0.6) is 5.75 Å². The van der Waals surface area contributed by atoms with Crippen molar-refractivity contribution in [2.75, 3.05) is 33.3 Å². The molecule has 0 radical (unpaired) electrons. The lowest BCUT2D eigenvalue weighted by Gasteiger charge is -2.35. The summed E-state index contributed by atoms with van der Waals surface area (Å²) >= 11 is 3.38. The Morgan fingerprint density at radius 3 is 2.39 bits per heavy atom. The molecule has 1 aromatic heterocycles.